The molecule has 0 bridgehead atoms. The summed E-state index contributed by atoms with van der Waals surface area (Å²) >= 11 is 0. The number of H-pyrrole nitrogens is 1. The zero-order chi connectivity index (χ0) is 14.5. The van der Waals surface area contributed by atoms with Gasteiger partial charge in [0.15, 0.2) is 0 Å². The fourth-order valence-electron chi connectivity index (χ4n) is 1.66. The minimum atomic E-state index is -0.491. The Morgan fingerprint density at radius 3 is 2.70 bits per heavy atom. The number of aromatic amines is 1. The van der Waals surface area contributed by atoms with Crippen LogP contribution in [0.25, 0.3) is 10.9 Å². The van der Waals surface area contributed by atoms with Crippen molar-refractivity contribution in [1.82, 2.24) is 4.98 Å². The molecule has 0 radical (unpaired) electrons. The Morgan fingerprint density at radius 1 is 1.20 bits per heavy atom. The molecule has 20 heavy (non-hydrogen) atoms. The van der Waals surface area contributed by atoms with E-state index < -0.39 is 11.9 Å². The molecular formula is C15H15NO4. The highest BCUT2D eigenvalue weighted by Crippen LogP contribution is 2.14. The van der Waals surface area contributed by atoms with E-state index in [4.69, 9.17) is 9.47 Å². The summed E-state index contributed by atoms with van der Waals surface area (Å²) in [7, 11) is 0. The van der Waals surface area contributed by atoms with E-state index in [1.165, 1.54) is 0 Å². The molecule has 1 N–H and O–H groups in total. The van der Waals surface area contributed by atoms with Crippen molar-refractivity contribution in [2.24, 2.45) is 0 Å². The number of carbonyl (C=O) groups excluding carboxylic acids is 2. The Hall–Kier alpha value is -2.56. The van der Waals surface area contributed by atoms with Crippen LogP contribution in [0.15, 0.2) is 42.6 Å². The molecule has 1 aromatic carbocycles. The molecule has 0 saturated carbocycles. The van der Waals surface area contributed by atoms with E-state index in [0.717, 1.165) is 10.9 Å². The van der Waals surface area contributed by atoms with Crippen molar-refractivity contribution in [3.8, 4) is 0 Å². The normalized spacial score (nSPS) is 10.2. The molecule has 0 amide bonds. The molecule has 2 aromatic rings. The maximum absolute atomic E-state index is 11.8. The van der Waals surface area contributed by atoms with Crippen molar-refractivity contribution in [2.75, 3.05) is 13.2 Å². The highest BCUT2D eigenvalue weighted by atomic mass is 16.6. The van der Waals surface area contributed by atoms with Gasteiger partial charge in [-0.25, -0.2) is 9.59 Å². The second kappa shape index (κ2) is 6.06. The van der Waals surface area contributed by atoms with E-state index in [1.807, 2.05) is 12.1 Å². The molecule has 1 heterocycles. The molecule has 104 valence electrons. The summed E-state index contributed by atoms with van der Waals surface area (Å²) in [5.74, 6) is -0.936. The SMILES string of the molecule is C=C(C)C(=O)OCCOC(=O)c1ccc2[nH]ccc2c1. The average Bonchev–Trinajstić information content (AvgIpc) is 2.90. The number of aromatic nitrogens is 1. The molecule has 2 rings (SSSR count). The lowest BCUT2D eigenvalue weighted by molar-refractivity contribution is -0.140. The summed E-state index contributed by atoms with van der Waals surface area (Å²) < 4.78 is 9.85. The molecule has 0 aliphatic carbocycles. The third-order valence-corrected chi connectivity index (χ3v) is 2.69. The monoisotopic (exact) mass is 273 g/mol. The first-order valence-electron chi connectivity index (χ1n) is 6.15. The Bertz CT molecular complexity index is 657. The van der Waals surface area contributed by atoms with Gasteiger partial charge in [0.1, 0.15) is 13.2 Å². The van der Waals surface area contributed by atoms with Gasteiger partial charge in [-0.1, -0.05) is 6.58 Å². The molecular weight excluding hydrogens is 258 g/mol. The van der Waals surface area contributed by atoms with Crippen LogP contribution < -0.4 is 0 Å². The van der Waals surface area contributed by atoms with Crippen molar-refractivity contribution < 1.29 is 19.1 Å². The molecule has 0 saturated heterocycles. The molecule has 0 aliphatic heterocycles. The topological polar surface area (TPSA) is 68.4 Å². The zero-order valence-electron chi connectivity index (χ0n) is 11.1. The van der Waals surface area contributed by atoms with Gasteiger partial charge in [-0.3, -0.25) is 0 Å². The highest BCUT2D eigenvalue weighted by molar-refractivity contribution is 5.94. The minimum Gasteiger partial charge on any atom is -0.459 e. The Kier molecular flexibility index (Phi) is 4.20. The molecule has 0 aliphatic rings. The van der Waals surface area contributed by atoms with Crippen molar-refractivity contribution in [3.63, 3.8) is 0 Å². The minimum absolute atomic E-state index is 0.0169. The molecule has 5 heteroatoms. The maximum atomic E-state index is 11.8. The first kappa shape index (κ1) is 13.9. The lowest BCUT2D eigenvalue weighted by Crippen LogP contribution is -2.14. The third-order valence-electron chi connectivity index (χ3n) is 2.69. The van der Waals surface area contributed by atoms with Crippen LogP contribution in [0.1, 0.15) is 17.3 Å². The van der Waals surface area contributed by atoms with Crippen molar-refractivity contribution >= 4 is 22.8 Å². The number of hydrogen-bond donors (Lipinski definition) is 1. The van der Waals surface area contributed by atoms with Crippen LogP contribution in [0.3, 0.4) is 0 Å². The molecule has 0 unspecified atom stereocenters. The summed E-state index contributed by atoms with van der Waals surface area (Å²) in [4.78, 5) is 26.0. The Labute approximate surface area is 116 Å². The summed E-state index contributed by atoms with van der Waals surface area (Å²) in [5.41, 5.74) is 1.73. The van der Waals surface area contributed by atoms with Crippen molar-refractivity contribution in [3.05, 3.63) is 48.2 Å². The fourth-order valence-corrected chi connectivity index (χ4v) is 1.66. The quantitative estimate of drug-likeness (QED) is 0.516. The van der Waals surface area contributed by atoms with Crippen LogP contribution in [0.5, 0.6) is 0 Å². The second-order valence-corrected chi connectivity index (χ2v) is 4.33. The molecule has 0 atom stereocenters. The summed E-state index contributed by atoms with van der Waals surface area (Å²) in [5, 5.41) is 0.938. The number of fused-ring (bicyclic) bond motifs is 1. The van der Waals surface area contributed by atoms with E-state index >= 15 is 0 Å². The van der Waals surface area contributed by atoms with Crippen LogP contribution in [0.4, 0.5) is 0 Å². The predicted octanol–water partition coefficient (Wildman–Crippen LogP) is 2.44. The number of hydrogen-bond acceptors (Lipinski definition) is 4. The smallest absolute Gasteiger partial charge is 0.338 e. The summed E-state index contributed by atoms with van der Waals surface area (Å²) in [6.45, 7) is 5.05. The standard InChI is InChI=1S/C15H15NO4/c1-10(2)14(17)19-7-8-20-15(18)12-3-4-13-11(9-12)5-6-16-13/h3-6,9,16H,1,7-8H2,2H3. The number of carbonyl (C=O) groups is 2. The van der Waals surface area contributed by atoms with E-state index in [2.05, 4.69) is 11.6 Å². The van der Waals surface area contributed by atoms with Crippen molar-refractivity contribution in [1.29, 1.82) is 0 Å². The van der Waals surface area contributed by atoms with Crippen LogP contribution in [0, 0.1) is 0 Å². The lowest BCUT2D eigenvalue weighted by Gasteiger charge is -2.06. The van der Waals surface area contributed by atoms with Gasteiger partial charge in [0.25, 0.3) is 0 Å². The van der Waals surface area contributed by atoms with E-state index in [9.17, 15) is 9.59 Å². The van der Waals surface area contributed by atoms with Gasteiger partial charge < -0.3 is 14.5 Å². The lowest BCUT2D eigenvalue weighted by atomic mass is 10.1. The van der Waals surface area contributed by atoms with Crippen LogP contribution in [-0.2, 0) is 14.3 Å². The molecule has 1 aromatic heterocycles. The average molecular weight is 273 g/mol. The van der Waals surface area contributed by atoms with Gasteiger partial charge in [0.2, 0.25) is 0 Å². The van der Waals surface area contributed by atoms with Gasteiger partial charge >= 0.3 is 11.9 Å². The van der Waals surface area contributed by atoms with Gasteiger partial charge in [0, 0.05) is 22.7 Å². The molecule has 0 fully saturated rings. The third kappa shape index (κ3) is 3.26. The summed E-state index contributed by atoms with van der Waals surface area (Å²) in [6, 6.07) is 7.11. The summed E-state index contributed by atoms with van der Waals surface area (Å²) in [6.07, 6.45) is 1.80. The second-order valence-electron chi connectivity index (χ2n) is 4.33. The first-order chi connectivity index (χ1) is 9.58. The Balaban J connectivity index is 1.85. The van der Waals surface area contributed by atoms with Gasteiger partial charge in [-0.05, 0) is 31.2 Å². The largest absolute Gasteiger partial charge is 0.459 e. The number of benzene rings is 1. The van der Waals surface area contributed by atoms with Gasteiger partial charge in [0.05, 0.1) is 5.56 Å². The van der Waals surface area contributed by atoms with Gasteiger partial charge in [-0.2, -0.15) is 0 Å². The fraction of sp³-hybridized carbons (Fsp3) is 0.200. The van der Waals surface area contributed by atoms with Crippen molar-refractivity contribution in [2.45, 2.75) is 6.92 Å². The Morgan fingerprint density at radius 2 is 1.95 bits per heavy atom. The first-order valence-corrected chi connectivity index (χ1v) is 6.15. The van der Waals surface area contributed by atoms with E-state index in [1.54, 1.807) is 25.3 Å². The predicted molar refractivity (Wildman–Crippen MR) is 74.4 cm³/mol. The zero-order valence-corrected chi connectivity index (χ0v) is 11.1. The molecule has 5 nitrogen and oxygen atoms in total. The number of ether oxygens (including phenoxy) is 2. The van der Waals surface area contributed by atoms with E-state index in [0.29, 0.717) is 11.1 Å². The van der Waals surface area contributed by atoms with E-state index in [-0.39, 0.29) is 13.2 Å². The highest BCUT2D eigenvalue weighted by Gasteiger charge is 2.09. The van der Waals surface area contributed by atoms with Gasteiger partial charge in [-0.15, -0.1) is 0 Å². The number of esters is 2. The molecule has 0 spiro atoms. The number of rotatable bonds is 5. The number of nitrogens with one attached hydrogen (secondary N) is 1. The van der Waals surface area contributed by atoms with Crippen LogP contribution >= 0.6 is 0 Å². The van der Waals surface area contributed by atoms with Crippen LogP contribution in [-0.4, -0.2) is 30.1 Å². The van der Waals surface area contributed by atoms with Crippen LogP contribution in [0.2, 0.25) is 0 Å². The maximum Gasteiger partial charge on any atom is 0.338 e.